The van der Waals surface area contributed by atoms with Crippen LogP contribution in [0.3, 0.4) is 0 Å². The van der Waals surface area contributed by atoms with Gasteiger partial charge in [-0.05, 0) is 33.6 Å². The summed E-state index contributed by atoms with van der Waals surface area (Å²) in [7, 11) is 0. The lowest BCUT2D eigenvalue weighted by molar-refractivity contribution is 0.0692. The van der Waals surface area contributed by atoms with E-state index in [0.717, 1.165) is 6.42 Å². The molecule has 0 fully saturated rings. The van der Waals surface area contributed by atoms with Crippen LogP contribution in [-0.2, 0) is 0 Å². The first kappa shape index (κ1) is 14.6. The summed E-state index contributed by atoms with van der Waals surface area (Å²) in [5.41, 5.74) is 0.627. The number of carboxylic acids is 1. The van der Waals surface area contributed by atoms with E-state index in [9.17, 15) is 9.90 Å². The van der Waals surface area contributed by atoms with Crippen LogP contribution in [0.2, 0.25) is 5.02 Å². The lowest BCUT2D eigenvalue weighted by Crippen LogP contribution is -1.99. The van der Waals surface area contributed by atoms with Crippen LogP contribution in [0.25, 0.3) is 10.4 Å². The summed E-state index contributed by atoms with van der Waals surface area (Å²) in [6.07, 6.45) is 0.771. The number of nitrogens with zero attached hydrogens (tertiary/aromatic N) is 1. The number of fused-ring (bicyclic) bond motifs is 1. The van der Waals surface area contributed by atoms with Crippen molar-refractivity contribution >= 4 is 44.8 Å². The van der Waals surface area contributed by atoms with E-state index in [1.165, 1.54) is 11.3 Å². The predicted molar refractivity (Wildman–Crippen MR) is 82.8 cm³/mol. The highest BCUT2D eigenvalue weighted by Crippen LogP contribution is 2.43. The number of carbonyl (C=O) groups is 1. The smallest absolute Gasteiger partial charge is 0.356 e. The molecule has 8 heteroatoms. The summed E-state index contributed by atoms with van der Waals surface area (Å²) in [6.45, 7) is 1.07. The summed E-state index contributed by atoms with van der Waals surface area (Å²) in [5.74, 6) is -0.0654. The maximum atomic E-state index is 11.3. The number of aromatic nitrogens is 1. The Labute approximate surface area is 137 Å². The van der Waals surface area contributed by atoms with Gasteiger partial charge < -0.3 is 14.6 Å². The predicted octanol–water partition coefficient (Wildman–Crippen LogP) is 4.09. The lowest BCUT2D eigenvalue weighted by Gasteiger charge is -2.11. The molecule has 0 saturated carbocycles. The average molecular weight is 391 g/mol. The molecule has 0 atom stereocenters. The van der Waals surface area contributed by atoms with Gasteiger partial charge in [-0.25, -0.2) is 9.78 Å². The van der Waals surface area contributed by atoms with Crippen molar-refractivity contribution in [2.75, 3.05) is 13.2 Å². The second kappa shape index (κ2) is 5.82. The number of carboxylic acid groups (broad SMARTS) is 1. The Morgan fingerprint density at radius 2 is 2.14 bits per heavy atom. The fourth-order valence-corrected chi connectivity index (χ4v) is 3.70. The molecule has 0 unspecified atom stereocenters. The van der Waals surface area contributed by atoms with E-state index >= 15 is 0 Å². The van der Waals surface area contributed by atoms with Crippen molar-refractivity contribution in [3.63, 3.8) is 0 Å². The second-order valence-electron chi connectivity index (χ2n) is 4.29. The second-order valence-corrected chi connectivity index (χ2v) is 6.97. The molecule has 110 valence electrons. The summed E-state index contributed by atoms with van der Waals surface area (Å²) < 4.78 is 11.7. The molecule has 0 spiro atoms. The molecule has 3 rings (SSSR count). The van der Waals surface area contributed by atoms with Gasteiger partial charge in [0, 0.05) is 6.42 Å². The molecule has 2 heterocycles. The highest BCUT2D eigenvalue weighted by Gasteiger charge is 2.22. The van der Waals surface area contributed by atoms with Crippen molar-refractivity contribution < 1.29 is 19.4 Å². The molecule has 0 aliphatic carbocycles. The van der Waals surface area contributed by atoms with E-state index in [1.807, 2.05) is 0 Å². The van der Waals surface area contributed by atoms with Crippen molar-refractivity contribution in [1.82, 2.24) is 4.98 Å². The normalized spacial score (nSPS) is 13.8. The Morgan fingerprint density at radius 1 is 1.38 bits per heavy atom. The van der Waals surface area contributed by atoms with Crippen molar-refractivity contribution in [3.8, 4) is 21.9 Å². The van der Waals surface area contributed by atoms with Gasteiger partial charge in [0.2, 0.25) is 0 Å². The number of benzene rings is 1. The maximum Gasteiger partial charge on any atom is 0.356 e. The minimum atomic E-state index is -1.09. The van der Waals surface area contributed by atoms with Crippen LogP contribution in [0.4, 0.5) is 0 Å². The van der Waals surface area contributed by atoms with Crippen LogP contribution in [0.15, 0.2) is 16.0 Å². The third-order valence-electron chi connectivity index (χ3n) is 2.87. The molecular weight excluding hydrogens is 382 g/mol. The van der Waals surface area contributed by atoms with Crippen LogP contribution in [0, 0.1) is 0 Å². The van der Waals surface area contributed by atoms with Gasteiger partial charge in [-0.3, -0.25) is 0 Å². The molecule has 1 aromatic heterocycles. The Balaban J connectivity index is 2.14. The molecule has 1 aliphatic rings. The number of thiazole rings is 1. The SMILES string of the molecule is O=C(O)c1nc(Br)sc1-c1cc(Cl)c2c(c1)OCCCO2. The minimum absolute atomic E-state index is 0.0163. The number of rotatable bonds is 2. The first-order valence-electron chi connectivity index (χ1n) is 6.05. The fraction of sp³-hybridized carbons (Fsp3) is 0.231. The number of hydrogen-bond acceptors (Lipinski definition) is 5. The zero-order valence-electron chi connectivity index (χ0n) is 10.6. The Kier molecular flexibility index (Phi) is 4.05. The molecule has 21 heavy (non-hydrogen) atoms. The molecule has 5 nitrogen and oxygen atoms in total. The number of halogens is 2. The Hall–Kier alpha value is -1.31. The quantitative estimate of drug-likeness (QED) is 0.836. The van der Waals surface area contributed by atoms with E-state index in [0.29, 0.717) is 44.1 Å². The van der Waals surface area contributed by atoms with Gasteiger partial charge in [0.25, 0.3) is 0 Å². The number of hydrogen-bond donors (Lipinski definition) is 1. The van der Waals surface area contributed by atoms with Gasteiger partial charge in [0.15, 0.2) is 21.1 Å². The zero-order chi connectivity index (χ0) is 15.0. The molecule has 2 aromatic rings. The third-order valence-corrected chi connectivity index (χ3v) is 4.70. The topological polar surface area (TPSA) is 68.7 Å². The number of ether oxygens (including phenoxy) is 2. The lowest BCUT2D eigenvalue weighted by atomic mass is 10.1. The van der Waals surface area contributed by atoms with Gasteiger partial charge >= 0.3 is 5.97 Å². The third kappa shape index (κ3) is 2.86. The number of aromatic carboxylic acids is 1. The van der Waals surface area contributed by atoms with Crippen molar-refractivity contribution in [2.45, 2.75) is 6.42 Å². The summed E-state index contributed by atoms with van der Waals surface area (Å²) in [6, 6.07) is 3.40. The van der Waals surface area contributed by atoms with Crippen LogP contribution in [0.5, 0.6) is 11.5 Å². The van der Waals surface area contributed by atoms with Gasteiger partial charge in [-0.2, -0.15) is 0 Å². The monoisotopic (exact) mass is 389 g/mol. The Morgan fingerprint density at radius 3 is 2.90 bits per heavy atom. The van der Waals surface area contributed by atoms with Gasteiger partial charge in [-0.1, -0.05) is 11.6 Å². The molecule has 0 amide bonds. The molecule has 0 saturated heterocycles. The molecule has 1 aliphatic heterocycles. The van der Waals surface area contributed by atoms with E-state index in [4.69, 9.17) is 21.1 Å². The molecule has 1 aromatic carbocycles. The molecular formula is C13H9BrClNO4S. The van der Waals surface area contributed by atoms with Crippen molar-refractivity contribution in [3.05, 3.63) is 26.8 Å². The average Bonchev–Trinajstić information content (AvgIpc) is 2.67. The first-order valence-corrected chi connectivity index (χ1v) is 8.04. The molecule has 1 N–H and O–H groups in total. The summed E-state index contributed by atoms with van der Waals surface area (Å²) >= 11 is 10.7. The van der Waals surface area contributed by atoms with Gasteiger partial charge in [0.05, 0.1) is 23.1 Å². The highest BCUT2D eigenvalue weighted by molar-refractivity contribution is 9.11. The highest BCUT2D eigenvalue weighted by atomic mass is 79.9. The molecule has 0 radical (unpaired) electrons. The van der Waals surface area contributed by atoms with E-state index in [-0.39, 0.29) is 5.69 Å². The zero-order valence-corrected chi connectivity index (χ0v) is 13.7. The maximum absolute atomic E-state index is 11.3. The van der Waals surface area contributed by atoms with Gasteiger partial charge in [0.1, 0.15) is 0 Å². The van der Waals surface area contributed by atoms with E-state index in [1.54, 1.807) is 12.1 Å². The van der Waals surface area contributed by atoms with Crippen molar-refractivity contribution in [1.29, 1.82) is 0 Å². The summed E-state index contributed by atoms with van der Waals surface area (Å²) in [5, 5.41) is 9.62. The van der Waals surface area contributed by atoms with Crippen LogP contribution in [-0.4, -0.2) is 29.3 Å². The first-order chi connectivity index (χ1) is 10.1. The fourth-order valence-electron chi connectivity index (χ4n) is 2.00. The van der Waals surface area contributed by atoms with Crippen LogP contribution >= 0.6 is 38.9 Å². The van der Waals surface area contributed by atoms with E-state index in [2.05, 4.69) is 20.9 Å². The summed E-state index contributed by atoms with van der Waals surface area (Å²) in [4.78, 5) is 15.8. The van der Waals surface area contributed by atoms with E-state index < -0.39 is 5.97 Å². The largest absolute Gasteiger partial charge is 0.489 e. The molecule has 0 bridgehead atoms. The van der Waals surface area contributed by atoms with Crippen molar-refractivity contribution in [2.24, 2.45) is 0 Å². The Bertz CT molecular complexity index is 718. The van der Waals surface area contributed by atoms with Crippen LogP contribution in [0.1, 0.15) is 16.9 Å². The van der Waals surface area contributed by atoms with Crippen LogP contribution < -0.4 is 9.47 Å². The standard InChI is InChI=1S/C13H9BrClNO4S/c14-13-16-9(12(17)18)11(21-13)6-4-7(15)10-8(5-6)19-2-1-3-20-10/h4-5H,1-3H2,(H,17,18). The van der Waals surface area contributed by atoms with Gasteiger partial charge in [-0.15, -0.1) is 11.3 Å². The minimum Gasteiger partial charge on any atom is -0.489 e.